The Morgan fingerprint density at radius 3 is 2.78 bits per heavy atom. The number of anilines is 1. The molecule has 1 atom stereocenters. The van der Waals surface area contributed by atoms with E-state index < -0.39 is 10.8 Å². The van der Waals surface area contributed by atoms with E-state index in [0.717, 1.165) is 20.5 Å². The van der Waals surface area contributed by atoms with Crippen molar-refractivity contribution in [2.75, 3.05) is 5.73 Å². The van der Waals surface area contributed by atoms with Gasteiger partial charge in [0, 0.05) is 27.4 Å². The maximum Gasteiger partial charge on any atom is 0.0577 e. The molecule has 2 rings (SSSR count). The first-order chi connectivity index (χ1) is 8.56. The van der Waals surface area contributed by atoms with Gasteiger partial charge in [-0.05, 0) is 58.2 Å². The summed E-state index contributed by atoms with van der Waals surface area (Å²) in [6.07, 6.45) is 3.44. The van der Waals surface area contributed by atoms with Gasteiger partial charge < -0.3 is 5.73 Å². The topological polar surface area (TPSA) is 56.0 Å². The molecule has 0 radical (unpaired) electrons. The zero-order valence-electron chi connectivity index (χ0n) is 9.89. The zero-order chi connectivity index (χ0) is 13.1. The summed E-state index contributed by atoms with van der Waals surface area (Å²) in [7, 11) is -1.08. The largest absolute Gasteiger partial charge is 0.399 e. The highest BCUT2D eigenvalue weighted by Gasteiger charge is 2.09. The fraction of sp³-hybridized carbons (Fsp3) is 0.154. The number of rotatable bonds is 3. The van der Waals surface area contributed by atoms with E-state index in [1.165, 1.54) is 0 Å². The molecule has 0 aliphatic rings. The molecule has 0 bridgehead atoms. The van der Waals surface area contributed by atoms with Crippen molar-refractivity contribution in [1.82, 2.24) is 4.98 Å². The van der Waals surface area contributed by atoms with Gasteiger partial charge in [-0.15, -0.1) is 0 Å². The van der Waals surface area contributed by atoms with Crippen LogP contribution in [0.2, 0.25) is 0 Å². The summed E-state index contributed by atoms with van der Waals surface area (Å²) < 4.78 is 13.2. The van der Waals surface area contributed by atoms with Gasteiger partial charge in [-0.25, -0.2) is 0 Å². The van der Waals surface area contributed by atoms with Crippen LogP contribution >= 0.6 is 15.9 Å². The highest BCUT2D eigenvalue weighted by molar-refractivity contribution is 9.10. The van der Waals surface area contributed by atoms with Crippen molar-refractivity contribution in [1.29, 1.82) is 0 Å². The Morgan fingerprint density at radius 2 is 2.11 bits per heavy atom. The maximum atomic E-state index is 12.3. The third kappa shape index (κ3) is 3.17. The molecule has 1 unspecified atom stereocenters. The normalized spacial score (nSPS) is 12.3. The first-order valence-corrected chi connectivity index (χ1v) is 7.51. The molecule has 0 saturated heterocycles. The van der Waals surface area contributed by atoms with E-state index in [4.69, 9.17) is 5.73 Å². The molecule has 1 aromatic heterocycles. The summed E-state index contributed by atoms with van der Waals surface area (Å²) in [5.74, 6) is 0.456. The lowest BCUT2D eigenvalue weighted by Crippen LogP contribution is -2.00. The number of halogens is 1. The molecule has 3 nitrogen and oxygen atoms in total. The van der Waals surface area contributed by atoms with E-state index in [0.29, 0.717) is 11.4 Å². The number of nitrogens with two attached hydrogens (primary N) is 1. The second-order valence-electron chi connectivity index (χ2n) is 4.03. The van der Waals surface area contributed by atoms with Crippen LogP contribution < -0.4 is 5.73 Å². The number of aromatic nitrogens is 1. The number of benzene rings is 1. The Balaban J connectivity index is 2.22. The van der Waals surface area contributed by atoms with E-state index in [1.54, 1.807) is 18.5 Å². The molecular formula is C13H13BrN2OS. The first kappa shape index (κ1) is 13.2. The smallest absolute Gasteiger partial charge is 0.0577 e. The highest BCUT2D eigenvalue weighted by Crippen LogP contribution is 2.20. The third-order valence-corrected chi connectivity index (χ3v) is 4.48. The fourth-order valence-electron chi connectivity index (χ4n) is 1.69. The quantitative estimate of drug-likeness (QED) is 0.883. The Labute approximate surface area is 117 Å². The van der Waals surface area contributed by atoms with Crippen LogP contribution in [0.3, 0.4) is 0 Å². The summed E-state index contributed by atoms with van der Waals surface area (Å²) in [6, 6.07) is 7.37. The van der Waals surface area contributed by atoms with Gasteiger partial charge in [0.05, 0.1) is 16.6 Å². The molecule has 0 amide bonds. The van der Waals surface area contributed by atoms with Gasteiger partial charge in [0.25, 0.3) is 0 Å². The maximum absolute atomic E-state index is 12.3. The molecule has 2 aromatic rings. The number of pyridine rings is 1. The lowest BCUT2D eigenvalue weighted by molar-refractivity contribution is 0.682. The Kier molecular flexibility index (Phi) is 4.14. The summed E-state index contributed by atoms with van der Waals surface area (Å²) in [5, 5.41) is 0. The van der Waals surface area contributed by atoms with E-state index in [-0.39, 0.29) is 0 Å². The number of hydrogen-bond acceptors (Lipinski definition) is 3. The molecule has 0 aliphatic heterocycles. The van der Waals surface area contributed by atoms with Crippen molar-refractivity contribution in [2.24, 2.45) is 0 Å². The van der Waals surface area contributed by atoms with Crippen molar-refractivity contribution in [3.63, 3.8) is 0 Å². The van der Waals surface area contributed by atoms with Gasteiger partial charge in [-0.3, -0.25) is 9.19 Å². The van der Waals surface area contributed by atoms with Crippen LogP contribution in [0.5, 0.6) is 0 Å². The number of nitrogens with zero attached hydrogens (tertiary/aromatic N) is 1. The van der Waals surface area contributed by atoms with Crippen molar-refractivity contribution >= 4 is 32.4 Å². The molecule has 1 aromatic carbocycles. The van der Waals surface area contributed by atoms with Crippen LogP contribution in [0, 0.1) is 6.92 Å². The van der Waals surface area contributed by atoms with E-state index in [1.807, 2.05) is 25.1 Å². The molecule has 0 aliphatic carbocycles. The van der Waals surface area contributed by atoms with Crippen molar-refractivity contribution in [2.45, 2.75) is 17.6 Å². The third-order valence-electron chi connectivity index (χ3n) is 2.50. The standard InChI is InChI=1S/C13H13BrN2OS/c1-9-4-12(15)2-3-13(9)18(17)8-10-5-11(14)7-16-6-10/h2-7H,8,15H2,1H3. The van der Waals surface area contributed by atoms with Crippen LogP contribution in [-0.4, -0.2) is 9.19 Å². The van der Waals surface area contributed by atoms with Crippen LogP contribution in [0.4, 0.5) is 5.69 Å². The minimum atomic E-state index is -1.08. The summed E-state index contributed by atoms with van der Waals surface area (Å²) >= 11 is 3.35. The highest BCUT2D eigenvalue weighted by atomic mass is 79.9. The van der Waals surface area contributed by atoms with Crippen LogP contribution in [0.1, 0.15) is 11.1 Å². The summed E-state index contributed by atoms with van der Waals surface area (Å²) in [4.78, 5) is 4.89. The summed E-state index contributed by atoms with van der Waals surface area (Å²) in [6.45, 7) is 1.92. The van der Waals surface area contributed by atoms with E-state index in [9.17, 15) is 4.21 Å². The predicted molar refractivity (Wildman–Crippen MR) is 77.6 cm³/mol. The van der Waals surface area contributed by atoms with Crippen LogP contribution in [0.15, 0.2) is 46.0 Å². The van der Waals surface area contributed by atoms with Crippen LogP contribution in [0.25, 0.3) is 0 Å². The minimum absolute atomic E-state index is 0.456. The lowest BCUT2D eigenvalue weighted by Gasteiger charge is -2.07. The van der Waals surface area contributed by atoms with Gasteiger partial charge in [-0.1, -0.05) is 0 Å². The van der Waals surface area contributed by atoms with Crippen molar-refractivity contribution in [3.8, 4) is 0 Å². The van der Waals surface area contributed by atoms with Gasteiger partial charge >= 0.3 is 0 Å². The molecular weight excluding hydrogens is 312 g/mol. The molecule has 94 valence electrons. The van der Waals surface area contributed by atoms with Gasteiger partial charge in [0.15, 0.2) is 0 Å². The SMILES string of the molecule is Cc1cc(N)ccc1S(=O)Cc1cncc(Br)c1. The molecule has 1 heterocycles. The number of hydrogen-bond donors (Lipinski definition) is 1. The average Bonchev–Trinajstić information content (AvgIpc) is 2.28. The second kappa shape index (κ2) is 5.63. The first-order valence-electron chi connectivity index (χ1n) is 5.40. The zero-order valence-corrected chi connectivity index (χ0v) is 12.3. The number of nitrogen functional groups attached to an aromatic ring is 1. The second-order valence-corrected chi connectivity index (χ2v) is 6.36. The van der Waals surface area contributed by atoms with E-state index in [2.05, 4.69) is 20.9 Å². The molecule has 0 saturated carbocycles. The van der Waals surface area contributed by atoms with Crippen molar-refractivity contribution in [3.05, 3.63) is 52.3 Å². The van der Waals surface area contributed by atoms with Crippen LogP contribution in [-0.2, 0) is 16.6 Å². The van der Waals surface area contributed by atoms with E-state index >= 15 is 0 Å². The molecule has 0 spiro atoms. The van der Waals surface area contributed by atoms with Gasteiger partial charge in [0.2, 0.25) is 0 Å². The van der Waals surface area contributed by atoms with Gasteiger partial charge in [-0.2, -0.15) is 0 Å². The molecule has 0 fully saturated rings. The molecule has 2 N–H and O–H groups in total. The fourth-order valence-corrected chi connectivity index (χ4v) is 3.36. The Bertz CT molecular complexity index is 601. The predicted octanol–water partition coefficient (Wildman–Crippen LogP) is 3.04. The Morgan fingerprint density at radius 1 is 1.33 bits per heavy atom. The Hall–Kier alpha value is -1.20. The monoisotopic (exact) mass is 324 g/mol. The lowest BCUT2D eigenvalue weighted by atomic mass is 10.2. The summed E-state index contributed by atoms with van der Waals surface area (Å²) in [5.41, 5.74) is 8.28. The minimum Gasteiger partial charge on any atom is -0.399 e. The average molecular weight is 325 g/mol. The molecule has 18 heavy (non-hydrogen) atoms. The number of aryl methyl sites for hydroxylation is 1. The van der Waals surface area contributed by atoms with Gasteiger partial charge in [0.1, 0.15) is 0 Å². The van der Waals surface area contributed by atoms with Crippen molar-refractivity contribution < 1.29 is 4.21 Å². The molecule has 5 heteroatoms.